The lowest BCUT2D eigenvalue weighted by Crippen LogP contribution is -2.46. The molecule has 0 fully saturated rings. The summed E-state index contributed by atoms with van der Waals surface area (Å²) in [5, 5.41) is 2.31. The van der Waals surface area contributed by atoms with Gasteiger partial charge in [-0.3, -0.25) is 10.2 Å². The third-order valence-electron chi connectivity index (χ3n) is 1.54. The highest BCUT2D eigenvalue weighted by Crippen LogP contribution is 1.98. The fourth-order valence-corrected chi connectivity index (χ4v) is 0.752. The Balaban J connectivity index is 3.94. The van der Waals surface area contributed by atoms with Crippen LogP contribution in [-0.4, -0.2) is 19.0 Å². The lowest BCUT2D eigenvalue weighted by molar-refractivity contribution is -0.118. The van der Waals surface area contributed by atoms with Crippen molar-refractivity contribution in [2.24, 2.45) is 0 Å². The first-order valence-electron chi connectivity index (χ1n) is 4.08. The second-order valence-electron chi connectivity index (χ2n) is 2.33. The molecule has 0 rings (SSSR count). The quantitative estimate of drug-likeness (QED) is 0.428. The van der Waals surface area contributed by atoms with Gasteiger partial charge in [-0.15, -0.1) is 0 Å². The van der Waals surface area contributed by atoms with Crippen molar-refractivity contribution >= 4 is 11.9 Å². The van der Waals surface area contributed by atoms with E-state index < -0.39 is 6.03 Å². The van der Waals surface area contributed by atoms with E-state index in [9.17, 15) is 9.59 Å². The molecule has 0 saturated carbocycles. The normalized spacial score (nSPS) is 10.5. The van der Waals surface area contributed by atoms with E-state index in [0.717, 1.165) is 0 Å². The predicted molar refractivity (Wildman–Crippen MR) is 49.8 cm³/mol. The maximum atomic E-state index is 11.2. The molecule has 0 aromatic carbocycles. The highest BCUT2D eigenvalue weighted by atomic mass is 16.2. The van der Waals surface area contributed by atoms with Gasteiger partial charge in [0.2, 0.25) is 0 Å². The summed E-state index contributed by atoms with van der Waals surface area (Å²) < 4.78 is 0. The molecule has 3 amide bonds. The van der Waals surface area contributed by atoms with Gasteiger partial charge in [-0.2, -0.15) is 0 Å². The summed E-state index contributed by atoms with van der Waals surface area (Å²) in [7, 11) is 1.47. The van der Waals surface area contributed by atoms with Gasteiger partial charge in [0.15, 0.2) is 0 Å². The number of carbonyl (C=O) groups excluding carboxylic acids is 2. The van der Waals surface area contributed by atoms with Crippen molar-refractivity contribution in [3.8, 4) is 0 Å². The van der Waals surface area contributed by atoms with E-state index in [4.69, 9.17) is 0 Å². The Kier molecular flexibility index (Phi) is 5.34. The predicted octanol–water partition coefficient (Wildman–Crippen LogP) is 0.303. The molecule has 0 unspecified atom stereocenters. The van der Waals surface area contributed by atoms with Crippen molar-refractivity contribution in [1.82, 2.24) is 16.2 Å². The summed E-state index contributed by atoms with van der Waals surface area (Å²) in [6.45, 7) is 3.65. The van der Waals surface area contributed by atoms with E-state index in [2.05, 4.69) is 16.2 Å². The molecule has 5 nitrogen and oxygen atoms in total. The molecular weight excluding hydrogens is 170 g/mol. The monoisotopic (exact) mass is 185 g/mol. The summed E-state index contributed by atoms with van der Waals surface area (Å²) in [4.78, 5) is 21.9. The van der Waals surface area contributed by atoms with E-state index >= 15 is 0 Å². The number of urea groups is 1. The van der Waals surface area contributed by atoms with Crippen molar-refractivity contribution in [3.05, 3.63) is 11.6 Å². The molecule has 0 atom stereocenters. The van der Waals surface area contributed by atoms with Crippen molar-refractivity contribution in [2.75, 3.05) is 7.05 Å². The van der Waals surface area contributed by atoms with Gasteiger partial charge < -0.3 is 5.32 Å². The van der Waals surface area contributed by atoms with Crippen LogP contribution in [0.3, 0.4) is 0 Å². The first-order chi connectivity index (χ1) is 6.15. The Hall–Kier alpha value is -1.52. The summed E-state index contributed by atoms with van der Waals surface area (Å²) in [5.41, 5.74) is 5.09. The third-order valence-corrected chi connectivity index (χ3v) is 1.54. The Morgan fingerprint density at radius 1 is 1.31 bits per heavy atom. The van der Waals surface area contributed by atoms with Crippen LogP contribution in [0.5, 0.6) is 0 Å². The minimum atomic E-state index is -0.445. The molecule has 0 saturated heterocycles. The lowest BCUT2D eigenvalue weighted by atomic mass is 10.2. The van der Waals surface area contributed by atoms with Gasteiger partial charge in [0.25, 0.3) is 5.91 Å². The van der Waals surface area contributed by atoms with E-state index in [1.165, 1.54) is 7.05 Å². The van der Waals surface area contributed by atoms with E-state index in [1.54, 1.807) is 13.0 Å². The molecule has 5 heteroatoms. The van der Waals surface area contributed by atoms with Crippen LogP contribution < -0.4 is 16.2 Å². The maximum Gasteiger partial charge on any atom is 0.333 e. The smallest absolute Gasteiger partial charge is 0.333 e. The van der Waals surface area contributed by atoms with Gasteiger partial charge in [0, 0.05) is 12.6 Å². The number of amides is 3. The third kappa shape index (κ3) is 4.15. The van der Waals surface area contributed by atoms with Crippen LogP contribution in [0, 0.1) is 0 Å². The average Bonchev–Trinajstić information content (AvgIpc) is 2.16. The fraction of sp³-hybridized carbons (Fsp3) is 0.500. The molecular formula is C8H15N3O2. The van der Waals surface area contributed by atoms with Crippen molar-refractivity contribution < 1.29 is 9.59 Å². The second kappa shape index (κ2) is 6.05. The SMILES string of the molecule is C/C=C(/CC)C(=O)NNC(=O)NC. The van der Waals surface area contributed by atoms with Crippen LogP contribution in [0.25, 0.3) is 0 Å². The molecule has 0 aromatic heterocycles. The van der Waals surface area contributed by atoms with E-state index in [1.807, 2.05) is 6.92 Å². The fourth-order valence-electron chi connectivity index (χ4n) is 0.752. The zero-order valence-corrected chi connectivity index (χ0v) is 8.10. The molecule has 0 heterocycles. The zero-order chi connectivity index (χ0) is 10.3. The standard InChI is InChI=1S/C8H15N3O2/c1-4-6(5-2)7(12)10-11-8(13)9-3/h4H,5H2,1-3H3,(H,10,12)(H2,9,11,13)/b6-4-. The van der Waals surface area contributed by atoms with E-state index in [0.29, 0.717) is 12.0 Å². The number of allylic oxidation sites excluding steroid dienone is 1. The average molecular weight is 185 g/mol. The van der Waals surface area contributed by atoms with Crippen molar-refractivity contribution in [1.29, 1.82) is 0 Å². The Morgan fingerprint density at radius 2 is 1.92 bits per heavy atom. The summed E-state index contributed by atoms with van der Waals surface area (Å²) in [6.07, 6.45) is 2.35. The molecule has 0 aliphatic heterocycles. The van der Waals surface area contributed by atoms with Crippen molar-refractivity contribution in [2.45, 2.75) is 20.3 Å². The van der Waals surface area contributed by atoms with Gasteiger partial charge in [0.05, 0.1) is 0 Å². The molecule has 0 bridgehead atoms. The minimum absolute atomic E-state index is 0.284. The molecule has 0 radical (unpaired) electrons. The summed E-state index contributed by atoms with van der Waals surface area (Å²) in [5.74, 6) is -0.284. The Labute approximate surface area is 77.5 Å². The molecule has 0 aliphatic rings. The molecule has 74 valence electrons. The number of carbonyl (C=O) groups is 2. The highest BCUT2D eigenvalue weighted by Gasteiger charge is 2.05. The molecule has 0 aromatic rings. The van der Waals surface area contributed by atoms with Crippen LogP contribution >= 0.6 is 0 Å². The minimum Gasteiger partial charge on any atom is -0.340 e. The van der Waals surface area contributed by atoms with Crippen LogP contribution in [-0.2, 0) is 4.79 Å². The first-order valence-corrected chi connectivity index (χ1v) is 4.08. The maximum absolute atomic E-state index is 11.2. The molecule has 3 N–H and O–H groups in total. The van der Waals surface area contributed by atoms with Crippen LogP contribution in [0.2, 0.25) is 0 Å². The van der Waals surface area contributed by atoms with Gasteiger partial charge >= 0.3 is 6.03 Å². The number of rotatable bonds is 2. The Bertz CT molecular complexity index is 223. The molecule has 0 spiro atoms. The topological polar surface area (TPSA) is 70.2 Å². The Morgan fingerprint density at radius 3 is 2.31 bits per heavy atom. The molecule has 0 aliphatic carbocycles. The van der Waals surface area contributed by atoms with E-state index in [-0.39, 0.29) is 5.91 Å². The number of hydrogen-bond acceptors (Lipinski definition) is 2. The van der Waals surface area contributed by atoms with Gasteiger partial charge in [-0.1, -0.05) is 13.0 Å². The largest absolute Gasteiger partial charge is 0.340 e. The highest BCUT2D eigenvalue weighted by molar-refractivity contribution is 5.94. The van der Waals surface area contributed by atoms with Gasteiger partial charge in [-0.25, -0.2) is 10.2 Å². The number of hydrogen-bond donors (Lipinski definition) is 3. The van der Waals surface area contributed by atoms with Gasteiger partial charge in [-0.05, 0) is 13.3 Å². The summed E-state index contributed by atoms with van der Waals surface area (Å²) >= 11 is 0. The van der Waals surface area contributed by atoms with Gasteiger partial charge in [0.1, 0.15) is 0 Å². The first kappa shape index (κ1) is 11.5. The number of nitrogens with one attached hydrogen (secondary N) is 3. The van der Waals surface area contributed by atoms with Crippen LogP contribution in [0.4, 0.5) is 4.79 Å². The second-order valence-corrected chi connectivity index (χ2v) is 2.33. The summed E-state index contributed by atoms with van der Waals surface area (Å²) in [6, 6.07) is -0.445. The zero-order valence-electron chi connectivity index (χ0n) is 8.10. The molecule has 13 heavy (non-hydrogen) atoms. The number of hydrazine groups is 1. The van der Waals surface area contributed by atoms with Crippen LogP contribution in [0.15, 0.2) is 11.6 Å². The lowest BCUT2D eigenvalue weighted by Gasteiger charge is -2.07. The van der Waals surface area contributed by atoms with Crippen molar-refractivity contribution in [3.63, 3.8) is 0 Å². The van der Waals surface area contributed by atoms with Crippen LogP contribution in [0.1, 0.15) is 20.3 Å².